The van der Waals surface area contributed by atoms with Crippen LogP contribution in [0.3, 0.4) is 0 Å². The van der Waals surface area contributed by atoms with Gasteiger partial charge >= 0.3 is 0 Å². The van der Waals surface area contributed by atoms with Crippen molar-refractivity contribution >= 4 is 17.7 Å². The number of halogens is 1. The zero-order valence-electron chi connectivity index (χ0n) is 8.69. The number of hydrazine groups is 1. The number of nitrogens with two attached hydrogens (primary N) is 1. The Morgan fingerprint density at radius 2 is 2.07 bits per heavy atom. The highest BCUT2D eigenvalue weighted by Crippen LogP contribution is 2.23. The number of carbonyl (C=O) groups is 1. The van der Waals surface area contributed by atoms with Gasteiger partial charge in [-0.2, -0.15) is 4.53 Å². The third kappa shape index (κ3) is 3.22. The van der Waals surface area contributed by atoms with Crippen molar-refractivity contribution in [3.05, 3.63) is 35.9 Å². The Bertz CT molecular complexity index is 314. The number of hydrogen-bond acceptors (Lipinski definition) is 2. The van der Waals surface area contributed by atoms with Crippen LogP contribution in [0.4, 0.5) is 0 Å². The lowest BCUT2D eigenvalue weighted by molar-refractivity contribution is -0.128. The number of rotatable bonds is 4. The van der Waals surface area contributed by atoms with E-state index in [-0.39, 0.29) is 11.8 Å². The first-order valence-electron chi connectivity index (χ1n) is 4.96. The molecule has 1 atom stereocenters. The molecule has 1 aromatic carbocycles. The van der Waals surface area contributed by atoms with E-state index in [1.807, 2.05) is 37.3 Å². The highest BCUT2D eigenvalue weighted by molar-refractivity contribution is 6.21. The molecule has 0 aliphatic rings. The average molecular weight is 227 g/mol. The van der Waals surface area contributed by atoms with Gasteiger partial charge in [0.1, 0.15) is 0 Å². The van der Waals surface area contributed by atoms with Crippen molar-refractivity contribution in [2.45, 2.75) is 25.7 Å². The molecule has 1 rings (SSSR count). The molecule has 0 aliphatic carbocycles. The van der Waals surface area contributed by atoms with E-state index in [1.165, 1.54) is 0 Å². The lowest BCUT2D eigenvalue weighted by Gasteiger charge is -2.17. The van der Waals surface area contributed by atoms with Gasteiger partial charge in [0.15, 0.2) is 0 Å². The molecule has 82 valence electrons. The van der Waals surface area contributed by atoms with Gasteiger partial charge in [0, 0.05) is 11.8 Å². The van der Waals surface area contributed by atoms with Crippen molar-refractivity contribution in [3.8, 4) is 0 Å². The summed E-state index contributed by atoms with van der Waals surface area (Å²) in [5.74, 6) is 4.76. The zero-order chi connectivity index (χ0) is 11.3. The summed E-state index contributed by atoms with van der Waals surface area (Å²) in [4.78, 5) is 11.7. The maximum Gasteiger partial charge on any atom is 0.259 e. The largest absolute Gasteiger partial charge is 0.271 e. The molecule has 0 radical (unpaired) electrons. The Balaban J connectivity index is 2.88. The highest BCUT2D eigenvalue weighted by Gasteiger charge is 2.22. The second kappa shape index (κ2) is 5.73. The lowest BCUT2D eigenvalue weighted by atomic mass is 9.94. The normalized spacial score (nSPS) is 12.2. The average Bonchev–Trinajstić information content (AvgIpc) is 2.26. The van der Waals surface area contributed by atoms with Gasteiger partial charge in [-0.1, -0.05) is 43.7 Å². The van der Waals surface area contributed by atoms with Crippen LogP contribution in [0, 0.1) is 0 Å². The van der Waals surface area contributed by atoms with Gasteiger partial charge in [0.25, 0.3) is 5.91 Å². The quantitative estimate of drug-likeness (QED) is 0.371. The van der Waals surface area contributed by atoms with Gasteiger partial charge in [0.2, 0.25) is 0 Å². The molecular formula is C11H15ClN2O. The Hall–Kier alpha value is -1.06. The van der Waals surface area contributed by atoms with Crippen LogP contribution in [0.1, 0.15) is 31.2 Å². The van der Waals surface area contributed by atoms with E-state index in [9.17, 15) is 4.79 Å². The van der Waals surface area contributed by atoms with Crippen molar-refractivity contribution < 1.29 is 4.79 Å². The van der Waals surface area contributed by atoms with Crippen molar-refractivity contribution in [2.24, 2.45) is 5.84 Å². The molecule has 0 saturated carbocycles. The summed E-state index contributed by atoms with van der Waals surface area (Å²) in [6, 6.07) is 9.55. The first-order chi connectivity index (χ1) is 7.16. The molecule has 1 amide bonds. The van der Waals surface area contributed by atoms with Gasteiger partial charge in [-0.3, -0.25) is 4.79 Å². The van der Waals surface area contributed by atoms with Crippen LogP contribution < -0.4 is 5.84 Å². The zero-order valence-corrected chi connectivity index (χ0v) is 9.45. The molecule has 0 aromatic heterocycles. The molecular weight excluding hydrogens is 212 g/mol. The summed E-state index contributed by atoms with van der Waals surface area (Å²) in [6.07, 6.45) is 1.67. The molecule has 0 aliphatic heterocycles. The van der Waals surface area contributed by atoms with Crippen molar-refractivity contribution in [2.75, 3.05) is 0 Å². The van der Waals surface area contributed by atoms with Gasteiger partial charge < -0.3 is 0 Å². The first-order valence-corrected chi connectivity index (χ1v) is 5.30. The highest BCUT2D eigenvalue weighted by atomic mass is 35.5. The van der Waals surface area contributed by atoms with Gasteiger partial charge in [0.05, 0.1) is 5.92 Å². The molecule has 1 aromatic rings. The maximum atomic E-state index is 11.7. The minimum atomic E-state index is -0.260. The van der Waals surface area contributed by atoms with Crippen LogP contribution >= 0.6 is 11.8 Å². The maximum absolute atomic E-state index is 11.7. The molecule has 0 bridgehead atoms. The molecule has 4 heteroatoms. The van der Waals surface area contributed by atoms with E-state index in [4.69, 9.17) is 17.6 Å². The molecule has 0 fully saturated rings. The molecule has 1 unspecified atom stereocenters. The van der Waals surface area contributed by atoms with E-state index in [2.05, 4.69) is 0 Å². The van der Waals surface area contributed by atoms with Crippen LogP contribution in [0.2, 0.25) is 0 Å². The fourth-order valence-electron chi connectivity index (χ4n) is 1.56. The number of benzene rings is 1. The van der Waals surface area contributed by atoms with Crippen LogP contribution in [0.5, 0.6) is 0 Å². The van der Waals surface area contributed by atoms with E-state index < -0.39 is 0 Å². The second-order valence-electron chi connectivity index (χ2n) is 3.40. The van der Waals surface area contributed by atoms with Crippen LogP contribution in [0.15, 0.2) is 30.3 Å². The molecule has 2 N–H and O–H groups in total. The van der Waals surface area contributed by atoms with E-state index in [0.717, 1.165) is 18.4 Å². The second-order valence-corrected chi connectivity index (χ2v) is 3.77. The number of carbonyl (C=O) groups excluding carboxylic acids is 1. The van der Waals surface area contributed by atoms with E-state index in [0.29, 0.717) is 4.53 Å². The van der Waals surface area contributed by atoms with Gasteiger partial charge in [-0.15, -0.1) is 0 Å². The van der Waals surface area contributed by atoms with Crippen molar-refractivity contribution in [1.29, 1.82) is 0 Å². The fourth-order valence-corrected chi connectivity index (χ4v) is 1.67. The van der Waals surface area contributed by atoms with Crippen LogP contribution in [-0.4, -0.2) is 10.4 Å². The monoisotopic (exact) mass is 226 g/mol. The summed E-state index contributed by atoms with van der Waals surface area (Å²) < 4.78 is 0.646. The predicted octanol–water partition coefficient (Wildman–Crippen LogP) is 2.43. The number of amides is 1. The smallest absolute Gasteiger partial charge is 0.259 e. The Kier molecular flexibility index (Phi) is 4.59. The Morgan fingerprint density at radius 3 is 2.53 bits per heavy atom. The van der Waals surface area contributed by atoms with E-state index in [1.54, 1.807) is 0 Å². The lowest BCUT2D eigenvalue weighted by Crippen LogP contribution is -2.32. The molecule has 0 spiro atoms. The Labute approximate surface area is 94.9 Å². The summed E-state index contributed by atoms with van der Waals surface area (Å²) >= 11 is 5.47. The third-order valence-electron chi connectivity index (χ3n) is 2.29. The number of hydrogen-bond donors (Lipinski definition) is 1. The SMILES string of the molecule is CCCC(C(=O)N(N)Cl)c1ccccc1. The van der Waals surface area contributed by atoms with Crippen LogP contribution in [0.25, 0.3) is 0 Å². The van der Waals surface area contributed by atoms with E-state index >= 15 is 0 Å². The molecule has 15 heavy (non-hydrogen) atoms. The van der Waals surface area contributed by atoms with Crippen LogP contribution in [-0.2, 0) is 4.79 Å². The first kappa shape index (κ1) is 12.0. The predicted molar refractivity (Wildman–Crippen MR) is 61.0 cm³/mol. The summed E-state index contributed by atoms with van der Waals surface area (Å²) in [6.45, 7) is 2.03. The van der Waals surface area contributed by atoms with Gasteiger partial charge in [-0.05, 0) is 12.0 Å². The molecule has 0 heterocycles. The minimum absolute atomic E-state index is 0.237. The minimum Gasteiger partial charge on any atom is -0.271 e. The van der Waals surface area contributed by atoms with Gasteiger partial charge in [-0.25, -0.2) is 5.84 Å². The van der Waals surface area contributed by atoms with Crippen molar-refractivity contribution in [3.63, 3.8) is 0 Å². The number of nitrogens with zero attached hydrogens (tertiary/aromatic N) is 1. The molecule has 3 nitrogen and oxygen atoms in total. The van der Waals surface area contributed by atoms with Crippen molar-refractivity contribution in [1.82, 2.24) is 4.53 Å². The summed E-state index contributed by atoms with van der Waals surface area (Å²) in [5.41, 5.74) is 0.959. The third-order valence-corrected chi connectivity index (χ3v) is 2.45. The summed E-state index contributed by atoms with van der Waals surface area (Å²) in [7, 11) is 0. The topological polar surface area (TPSA) is 46.3 Å². The Morgan fingerprint density at radius 1 is 1.47 bits per heavy atom. The molecule has 0 saturated heterocycles. The fraction of sp³-hybridized carbons (Fsp3) is 0.364. The standard InChI is InChI=1S/C11H15ClN2O/c1-2-6-10(11(15)14(12)13)9-7-4-3-5-8-9/h3-5,7-8,10H,2,6,13H2,1H3. The summed E-state index contributed by atoms with van der Waals surface area (Å²) in [5, 5.41) is 0.